The van der Waals surface area contributed by atoms with Crippen LogP contribution < -0.4 is 5.32 Å². The summed E-state index contributed by atoms with van der Waals surface area (Å²) < 4.78 is 5.48. The maximum atomic E-state index is 12.2. The van der Waals surface area contributed by atoms with E-state index in [0.29, 0.717) is 32.0 Å². The van der Waals surface area contributed by atoms with Gasteiger partial charge in [-0.2, -0.15) is 0 Å². The molecule has 1 aromatic rings. The molecule has 2 amide bonds. The topological polar surface area (TPSA) is 62.6 Å². The van der Waals surface area contributed by atoms with Crippen molar-refractivity contribution in [1.29, 1.82) is 0 Å². The third kappa shape index (κ3) is 3.34. The molecule has 0 radical (unpaired) electrons. The molecule has 0 bridgehead atoms. The summed E-state index contributed by atoms with van der Waals surface area (Å²) in [6.45, 7) is 3.05. The van der Waals surface area contributed by atoms with Crippen molar-refractivity contribution in [2.75, 3.05) is 13.1 Å². The quantitative estimate of drug-likeness (QED) is 0.905. The van der Waals surface area contributed by atoms with Crippen molar-refractivity contribution in [1.82, 2.24) is 10.2 Å². The fourth-order valence-corrected chi connectivity index (χ4v) is 3.55. The van der Waals surface area contributed by atoms with Crippen molar-refractivity contribution in [3.8, 4) is 0 Å². The SMILES string of the molecule is Cc1ccc(CCNC(=O)[C@H]2CC(=O)N(C3CCCC3)C2)o1. The number of nitrogens with one attached hydrogen (secondary N) is 1. The minimum atomic E-state index is -0.188. The van der Waals surface area contributed by atoms with E-state index in [0.717, 1.165) is 24.4 Å². The fourth-order valence-electron chi connectivity index (χ4n) is 3.55. The first-order valence-electron chi connectivity index (χ1n) is 8.26. The highest BCUT2D eigenvalue weighted by atomic mass is 16.3. The first-order valence-corrected chi connectivity index (χ1v) is 8.26. The number of rotatable bonds is 5. The third-order valence-electron chi connectivity index (χ3n) is 4.76. The van der Waals surface area contributed by atoms with Gasteiger partial charge in [0.25, 0.3) is 0 Å². The molecule has 0 spiro atoms. The maximum Gasteiger partial charge on any atom is 0.225 e. The number of furan rings is 1. The van der Waals surface area contributed by atoms with Gasteiger partial charge in [0.15, 0.2) is 0 Å². The highest BCUT2D eigenvalue weighted by Gasteiger charge is 2.38. The molecular formula is C17H24N2O3. The van der Waals surface area contributed by atoms with Crippen LogP contribution in [0.4, 0.5) is 0 Å². The zero-order valence-electron chi connectivity index (χ0n) is 13.1. The lowest BCUT2D eigenvalue weighted by atomic mass is 10.1. The van der Waals surface area contributed by atoms with Crippen LogP contribution in [0, 0.1) is 12.8 Å². The van der Waals surface area contributed by atoms with E-state index >= 15 is 0 Å². The Morgan fingerprint density at radius 2 is 2.14 bits per heavy atom. The van der Waals surface area contributed by atoms with Gasteiger partial charge in [-0.1, -0.05) is 12.8 Å². The molecule has 5 nitrogen and oxygen atoms in total. The second kappa shape index (κ2) is 6.55. The second-order valence-corrected chi connectivity index (χ2v) is 6.44. The average Bonchev–Trinajstić information content (AvgIpc) is 3.19. The summed E-state index contributed by atoms with van der Waals surface area (Å²) in [5, 5.41) is 2.94. The first kappa shape index (κ1) is 15.1. The van der Waals surface area contributed by atoms with E-state index in [2.05, 4.69) is 5.32 Å². The monoisotopic (exact) mass is 304 g/mol. The van der Waals surface area contributed by atoms with E-state index < -0.39 is 0 Å². The maximum absolute atomic E-state index is 12.2. The molecule has 1 aromatic heterocycles. The van der Waals surface area contributed by atoms with Crippen LogP contribution in [0.15, 0.2) is 16.5 Å². The van der Waals surface area contributed by atoms with Crippen LogP contribution in [0.25, 0.3) is 0 Å². The molecule has 2 aliphatic rings. The summed E-state index contributed by atoms with van der Waals surface area (Å²) in [5.41, 5.74) is 0. The Morgan fingerprint density at radius 3 is 2.82 bits per heavy atom. The van der Waals surface area contributed by atoms with Crippen molar-refractivity contribution in [2.24, 2.45) is 5.92 Å². The van der Waals surface area contributed by atoms with Gasteiger partial charge >= 0.3 is 0 Å². The van der Waals surface area contributed by atoms with Gasteiger partial charge in [-0.05, 0) is 31.9 Å². The van der Waals surface area contributed by atoms with Gasteiger partial charge in [-0.15, -0.1) is 0 Å². The van der Waals surface area contributed by atoms with Crippen LogP contribution in [0.5, 0.6) is 0 Å². The molecular weight excluding hydrogens is 280 g/mol. The molecule has 2 fully saturated rings. The lowest BCUT2D eigenvalue weighted by Gasteiger charge is -2.23. The molecule has 0 unspecified atom stereocenters. The standard InChI is InChI=1S/C17H24N2O3/c1-12-6-7-15(22-12)8-9-18-17(21)13-10-16(20)19(11-13)14-4-2-3-5-14/h6-7,13-14H,2-5,8-11H2,1H3,(H,18,21)/t13-/m0/s1. The zero-order chi connectivity index (χ0) is 15.5. The first-order chi connectivity index (χ1) is 10.6. The molecule has 1 saturated heterocycles. The van der Waals surface area contributed by atoms with Crippen LogP contribution in [0.3, 0.4) is 0 Å². The summed E-state index contributed by atoms with van der Waals surface area (Å²) >= 11 is 0. The summed E-state index contributed by atoms with van der Waals surface area (Å²) in [5.74, 6) is 1.72. The number of likely N-dealkylation sites (tertiary alicyclic amines) is 1. The highest BCUT2D eigenvalue weighted by Crippen LogP contribution is 2.29. The molecule has 22 heavy (non-hydrogen) atoms. The van der Waals surface area contributed by atoms with E-state index in [4.69, 9.17) is 4.42 Å². The summed E-state index contributed by atoms with van der Waals surface area (Å²) in [7, 11) is 0. The minimum Gasteiger partial charge on any atom is -0.466 e. The molecule has 1 atom stereocenters. The Bertz CT molecular complexity index is 546. The smallest absolute Gasteiger partial charge is 0.225 e. The predicted octanol–water partition coefficient (Wildman–Crippen LogP) is 2.04. The Balaban J connectivity index is 1.45. The normalized spacial score (nSPS) is 22.5. The van der Waals surface area contributed by atoms with Crippen molar-refractivity contribution < 1.29 is 14.0 Å². The number of carbonyl (C=O) groups is 2. The van der Waals surface area contributed by atoms with Crippen LogP contribution >= 0.6 is 0 Å². The van der Waals surface area contributed by atoms with E-state index in [1.807, 2.05) is 24.0 Å². The predicted molar refractivity (Wildman–Crippen MR) is 82.2 cm³/mol. The fraction of sp³-hybridized carbons (Fsp3) is 0.647. The van der Waals surface area contributed by atoms with Crippen molar-refractivity contribution in [3.63, 3.8) is 0 Å². The Labute approximate surface area is 131 Å². The number of hydrogen-bond acceptors (Lipinski definition) is 3. The van der Waals surface area contributed by atoms with Crippen molar-refractivity contribution >= 4 is 11.8 Å². The van der Waals surface area contributed by atoms with Crippen LogP contribution in [-0.4, -0.2) is 35.8 Å². The van der Waals surface area contributed by atoms with E-state index in [9.17, 15) is 9.59 Å². The zero-order valence-corrected chi connectivity index (χ0v) is 13.1. The summed E-state index contributed by atoms with van der Waals surface area (Å²) in [6.07, 6.45) is 5.65. The molecule has 3 rings (SSSR count). The lowest BCUT2D eigenvalue weighted by molar-refractivity contribution is -0.130. The van der Waals surface area contributed by atoms with Crippen molar-refractivity contribution in [3.05, 3.63) is 23.7 Å². The van der Waals surface area contributed by atoms with Gasteiger partial charge < -0.3 is 14.6 Å². The molecule has 1 aliphatic heterocycles. The number of amides is 2. The third-order valence-corrected chi connectivity index (χ3v) is 4.76. The van der Waals surface area contributed by atoms with Crippen LogP contribution in [-0.2, 0) is 16.0 Å². The van der Waals surface area contributed by atoms with Gasteiger partial charge in [0.2, 0.25) is 11.8 Å². The van der Waals surface area contributed by atoms with Crippen LogP contribution in [0.2, 0.25) is 0 Å². The second-order valence-electron chi connectivity index (χ2n) is 6.44. The lowest BCUT2D eigenvalue weighted by Crippen LogP contribution is -2.37. The van der Waals surface area contributed by atoms with Gasteiger partial charge in [0.05, 0.1) is 5.92 Å². The average molecular weight is 304 g/mol. The molecule has 1 saturated carbocycles. The minimum absolute atomic E-state index is 0.00266. The van der Waals surface area contributed by atoms with E-state index in [-0.39, 0.29) is 17.7 Å². The molecule has 1 N–H and O–H groups in total. The number of carbonyl (C=O) groups excluding carboxylic acids is 2. The molecule has 5 heteroatoms. The summed E-state index contributed by atoms with van der Waals surface area (Å²) in [4.78, 5) is 26.3. The van der Waals surface area contributed by atoms with Crippen molar-refractivity contribution in [2.45, 2.75) is 51.5 Å². The molecule has 0 aromatic carbocycles. The molecule has 120 valence electrons. The highest BCUT2D eigenvalue weighted by molar-refractivity contribution is 5.89. The van der Waals surface area contributed by atoms with Gasteiger partial charge in [0, 0.05) is 32.0 Å². The summed E-state index contributed by atoms with van der Waals surface area (Å²) in [6, 6.07) is 4.23. The Kier molecular flexibility index (Phi) is 4.50. The van der Waals surface area contributed by atoms with Gasteiger partial charge in [-0.25, -0.2) is 0 Å². The number of nitrogens with zero attached hydrogens (tertiary/aromatic N) is 1. The van der Waals surface area contributed by atoms with Crippen LogP contribution in [0.1, 0.15) is 43.6 Å². The molecule has 1 aliphatic carbocycles. The largest absolute Gasteiger partial charge is 0.466 e. The van der Waals surface area contributed by atoms with E-state index in [1.165, 1.54) is 12.8 Å². The molecule has 2 heterocycles. The number of hydrogen-bond donors (Lipinski definition) is 1. The Morgan fingerprint density at radius 1 is 1.36 bits per heavy atom. The van der Waals surface area contributed by atoms with Gasteiger partial charge in [0.1, 0.15) is 11.5 Å². The Hall–Kier alpha value is -1.78. The van der Waals surface area contributed by atoms with Gasteiger partial charge in [-0.3, -0.25) is 9.59 Å². The van der Waals surface area contributed by atoms with E-state index in [1.54, 1.807) is 0 Å². The number of aryl methyl sites for hydroxylation is 1.